The average molecular weight is 401 g/mol. The van der Waals surface area contributed by atoms with Crippen LogP contribution >= 0.6 is 0 Å². The molecule has 0 aliphatic carbocycles. The number of nitrogens with zero attached hydrogens (tertiary/aromatic N) is 2. The van der Waals surface area contributed by atoms with Gasteiger partial charge in [-0.15, -0.1) is 0 Å². The number of ether oxygens (including phenoxy) is 1. The van der Waals surface area contributed by atoms with E-state index in [1.165, 1.54) is 14.0 Å². The number of esters is 1. The Labute approximate surface area is 171 Å². The van der Waals surface area contributed by atoms with Gasteiger partial charge >= 0.3 is 5.97 Å². The van der Waals surface area contributed by atoms with E-state index in [-0.39, 0.29) is 11.3 Å². The van der Waals surface area contributed by atoms with Crippen LogP contribution in [0.4, 0.5) is 5.69 Å². The highest BCUT2D eigenvalue weighted by molar-refractivity contribution is 6.06. The molecule has 150 valence electrons. The number of nitrogens with one attached hydrogen (secondary N) is 1. The number of carbonyl (C=O) groups excluding carboxylic acids is 2. The van der Waals surface area contributed by atoms with Crippen LogP contribution < -0.4 is 10.9 Å². The SMILES string of the molecule is C[C@@H](OC(=O)c1nn(C)c(=O)c2ccccc12)C(=O)Nc1cccc2ccccc12. The molecular weight excluding hydrogens is 382 g/mol. The fraction of sp³-hybridized carbons (Fsp3) is 0.130. The summed E-state index contributed by atoms with van der Waals surface area (Å²) in [6.07, 6.45) is -1.06. The molecule has 7 heteroatoms. The third-order valence-electron chi connectivity index (χ3n) is 4.85. The van der Waals surface area contributed by atoms with Crippen molar-refractivity contribution in [2.75, 3.05) is 5.32 Å². The van der Waals surface area contributed by atoms with E-state index in [0.717, 1.165) is 15.5 Å². The predicted octanol–water partition coefficient (Wildman–Crippen LogP) is 3.27. The minimum atomic E-state index is -1.06. The van der Waals surface area contributed by atoms with Gasteiger partial charge in [-0.3, -0.25) is 9.59 Å². The van der Waals surface area contributed by atoms with Crippen LogP contribution in [0.1, 0.15) is 17.4 Å². The Morgan fingerprint density at radius 3 is 2.33 bits per heavy atom. The van der Waals surface area contributed by atoms with Gasteiger partial charge in [0, 0.05) is 23.5 Å². The Balaban J connectivity index is 1.57. The molecule has 0 aliphatic rings. The number of amides is 1. The van der Waals surface area contributed by atoms with Gasteiger partial charge in [-0.1, -0.05) is 54.6 Å². The quantitative estimate of drug-likeness (QED) is 0.530. The lowest BCUT2D eigenvalue weighted by Gasteiger charge is -2.15. The zero-order valence-electron chi connectivity index (χ0n) is 16.5. The van der Waals surface area contributed by atoms with Crippen LogP contribution in [-0.2, 0) is 16.6 Å². The second kappa shape index (κ2) is 7.79. The van der Waals surface area contributed by atoms with Crippen LogP contribution in [0.5, 0.6) is 0 Å². The molecule has 0 saturated carbocycles. The number of carbonyl (C=O) groups is 2. The van der Waals surface area contributed by atoms with Crippen molar-refractivity contribution in [2.45, 2.75) is 13.0 Å². The first-order valence-electron chi connectivity index (χ1n) is 9.41. The molecule has 0 unspecified atom stereocenters. The number of hydrogen-bond donors (Lipinski definition) is 1. The van der Waals surface area contributed by atoms with E-state index in [1.54, 1.807) is 30.3 Å². The monoisotopic (exact) mass is 401 g/mol. The van der Waals surface area contributed by atoms with E-state index in [1.807, 2.05) is 36.4 Å². The highest BCUT2D eigenvalue weighted by Gasteiger charge is 2.23. The molecule has 0 spiro atoms. The minimum absolute atomic E-state index is 0.0162. The van der Waals surface area contributed by atoms with Crippen LogP contribution in [0, 0.1) is 0 Å². The van der Waals surface area contributed by atoms with Crippen LogP contribution in [0.3, 0.4) is 0 Å². The Morgan fingerprint density at radius 1 is 0.933 bits per heavy atom. The van der Waals surface area contributed by atoms with Gasteiger partial charge in [-0.05, 0) is 24.4 Å². The summed E-state index contributed by atoms with van der Waals surface area (Å²) < 4.78 is 6.44. The molecular formula is C23H19N3O4. The fourth-order valence-electron chi connectivity index (χ4n) is 3.29. The van der Waals surface area contributed by atoms with Crippen LogP contribution in [0.25, 0.3) is 21.5 Å². The van der Waals surface area contributed by atoms with Crippen LogP contribution in [-0.4, -0.2) is 27.8 Å². The average Bonchev–Trinajstić information content (AvgIpc) is 2.76. The minimum Gasteiger partial charge on any atom is -0.448 e. The molecule has 1 heterocycles. The summed E-state index contributed by atoms with van der Waals surface area (Å²) in [6.45, 7) is 1.49. The summed E-state index contributed by atoms with van der Waals surface area (Å²) in [5.74, 6) is -1.24. The second-order valence-corrected chi connectivity index (χ2v) is 6.89. The van der Waals surface area contributed by atoms with Crippen LogP contribution in [0.2, 0.25) is 0 Å². The number of rotatable bonds is 4. The maximum atomic E-state index is 12.7. The Kier molecular flexibility index (Phi) is 5.02. The Bertz CT molecular complexity index is 1340. The normalized spacial score (nSPS) is 11.9. The van der Waals surface area contributed by atoms with E-state index >= 15 is 0 Å². The molecule has 4 aromatic rings. The lowest BCUT2D eigenvalue weighted by molar-refractivity contribution is -0.123. The first-order valence-corrected chi connectivity index (χ1v) is 9.41. The summed E-state index contributed by atoms with van der Waals surface area (Å²) in [4.78, 5) is 37.6. The van der Waals surface area contributed by atoms with Crippen molar-refractivity contribution in [3.8, 4) is 0 Å². The van der Waals surface area contributed by atoms with Crippen molar-refractivity contribution in [1.29, 1.82) is 0 Å². The van der Waals surface area contributed by atoms with E-state index in [9.17, 15) is 14.4 Å². The molecule has 0 bridgehead atoms. The number of aryl methyl sites for hydroxylation is 1. The molecule has 4 rings (SSSR count). The van der Waals surface area contributed by atoms with Gasteiger partial charge in [0.05, 0.1) is 5.39 Å². The van der Waals surface area contributed by atoms with Crippen LogP contribution in [0.15, 0.2) is 71.5 Å². The molecule has 0 aliphatic heterocycles. The van der Waals surface area contributed by atoms with E-state index < -0.39 is 18.0 Å². The number of benzene rings is 3. The zero-order valence-corrected chi connectivity index (χ0v) is 16.5. The molecule has 1 amide bonds. The second-order valence-electron chi connectivity index (χ2n) is 6.89. The maximum absolute atomic E-state index is 12.7. The van der Waals surface area contributed by atoms with E-state index in [4.69, 9.17) is 4.74 Å². The molecule has 1 aromatic heterocycles. The standard InChI is InChI=1S/C23H19N3O4/c1-14(21(27)24-19-13-7-9-15-8-3-4-10-16(15)19)30-23(29)20-17-11-5-6-12-18(17)22(28)26(2)25-20/h3-14H,1-2H3,(H,24,27)/t14-/m1/s1. The maximum Gasteiger partial charge on any atom is 0.360 e. The lowest BCUT2D eigenvalue weighted by Crippen LogP contribution is -2.31. The zero-order chi connectivity index (χ0) is 21.3. The first kappa shape index (κ1) is 19.3. The van der Waals surface area contributed by atoms with Gasteiger partial charge < -0.3 is 10.1 Å². The van der Waals surface area contributed by atoms with Crippen molar-refractivity contribution in [3.05, 3.63) is 82.8 Å². The highest BCUT2D eigenvalue weighted by atomic mass is 16.5. The van der Waals surface area contributed by atoms with Crippen molar-refractivity contribution >= 4 is 39.1 Å². The smallest absolute Gasteiger partial charge is 0.360 e. The molecule has 0 fully saturated rings. The van der Waals surface area contributed by atoms with Crippen molar-refractivity contribution in [1.82, 2.24) is 9.78 Å². The number of aromatic nitrogens is 2. The van der Waals surface area contributed by atoms with Gasteiger partial charge in [0.2, 0.25) is 0 Å². The Morgan fingerprint density at radius 2 is 1.57 bits per heavy atom. The lowest BCUT2D eigenvalue weighted by atomic mass is 10.1. The molecule has 7 nitrogen and oxygen atoms in total. The van der Waals surface area contributed by atoms with E-state index in [0.29, 0.717) is 16.5 Å². The highest BCUT2D eigenvalue weighted by Crippen LogP contribution is 2.23. The van der Waals surface area contributed by atoms with Gasteiger partial charge in [0.15, 0.2) is 11.8 Å². The molecule has 3 aromatic carbocycles. The number of hydrogen-bond acceptors (Lipinski definition) is 5. The summed E-state index contributed by atoms with van der Waals surface area (Å²) >= 11 is 0. The predicted molar refractivity (Wildman–Crippen MR) is 114 cm³/mol. The summed E-state index contributed by atoms with van der Waals surface area (Å²) in [5, 5.41) is 9.45. The molecule has 1 N–H and O–H groups in total. The first-order chi connectivity index (χ1) is 14.5. The molecule has 0 radical (unpaired) electrons. The third-order valence-corrected chi connectivity index (χ3v) is 4.85. The summed E-state index contributed by atoms with van der Waals surface area (Å²) in [6, 6.07) is 19.9. The van der Waals surface area contributed by atoms with Crippen molar-refractivity contribution in [2.24, 2.45) is 7.05 Å². The van der Waals surface area contributed by atoms with Gasteiger partial charge in [0.25, 0.3) is 11.5 Å². The van der Waals surface area contributed by atoms with E-state index in [2.05, 4.69) is 10.4 Å². The van der Waals surface area contributed by atoms with Crippen molar-refractivity contribution < 1.29 is 14.3 Å². The summed E-state index contributed by atoms with van der Waals surface area (Å²) in [5.41, 5.74) is 0.299. The molecule has 30 heavy (non-hydrogen) atoms. The molecule has 0 saturated heterocycles. The third kappa shape index (κ3) is 3.53. The topological polar surface area (TPSA) is 90.3 Å². The number of fused-ring (bicyclic) bond motifs is 2. The largest absolute Gasteiger partial charge is 0.448 e. The molecule has 1 atom stereocenters. The van der Waals surface area contributed by atoms with Gasteiger partial charge in [-0.25, -0.2) is 9.48 Å². The van der Waals surface area contributed by atoms with Gasteiger partial charge in [-0.2, -0.15) is 5.10 Å². The summed E-state index contributed by atoms with van der Waals surface area (Å²) in [7, 11) is 1.46. The number of anilines is 1. The fourth-order valence-corrected chi connectivity index (χ4v) is 3.29. The Hall–Kier alpha value is -4.00. The van der Waals surface area contributed by atoms with Crippen molar-refractivity contribution in [3.63, 3.8) is 0 Å². The van der Waals surface area contributed by atoms with Gasteiger partial charge in [0.1, 0.15) is 0 Å².